The molecule has 0 saturated carbocycles. The Morgan fingerprint density at radius 2 is 1.88 bits per heavy atom. The molecule has 0 amide bonds. The highest BCUT2D eigenvalue weighted by atomic mass is 19.1. The molecule has 0 radical (unpaired) electrons. The standard InChI is InChI=1S/C19H15FN4O2/c1-13-16(20)7-8-17(21-13)23-10-9-18-22-14(11-24(18)19(23)25)12-26-15-5-3-2-4-6-15/h2-11H,12H2,1H3. The van der Waals surface area contributed by atoms with Crippen molar-refractivity contribution >= 4 is 5.65 Å². The van der Waals surface area contributed by atoms with Crippen LogP contribution < -0.4 is 10.4 Å². The van der Waals surface area contributed by atoms with E-state index in [4.69, 9.17) is 4.74 Å². The highest BCUT2D eigenvalue weighted by Gasteiger charge is 2.10. The van der Waals surface area contributed by atoms with Crippen LogP contribution >= 0.6 is 0 Å². The molecule has 0 aliphatic carbocycles. The predicted octanol–water partition coefficient (Wildman–Crippen LogP) is 2.91. The molecule has 0 N–H and O–H groups in total. The molecule has 1 aromatic carbocycles. The molecule has 0 fully saturated rings. The summed E-state index contributed by atoms with van der Waals surface area (Å²) < 4.78 is 21.9. The minimum absolute atomic E-state index is 0.233. The molecule has 26 heavy (non-hydrogen) atoms. The molecule has 6 nitrogen and oxygen atoms in total. The molecular weight excluding hydrogens is 335 g/mol. The Kier molecular flexibility index (Phi) is 3.96. The Hall–Kier alpha value is -3.48. The largest absolute Gasteiger partial charge is 0.487 e. The average molecular weight is 350 g/mol. The lowest BCUT2D eigenvalue weighted by Crippen LogP contribution is -2.25. The van der Waals surface area contributed by atoms with Crippen molar-refractivity contribution in [1.29, 1.82) is 0 Å². The van der Waals surface area contributed by atoms with Crippen LogP contribution in [0.5, 0.6) is 5.75 Å². The zero-order valence-electron chi connectivity index (χ0n) is 14.0. The fraction of sp³-hybridized carbons (Fsp3) is 0.105. The van der Waals surface area contributed by atoms with E-state index in [1.165, 1.54) is 21.1 Å². The van der Waals surface area contributed by atoms with E-state index in [1.807, 2.05) is 30.3 Å². The molecule has 0 aliphatic rings. The highest BCUT2D eigenvalue weighted by molar-refractivity contribution is 5.40. The average Bonchev–Trinajstić information content (AvgIpc) is 3.08. The molecule has 4 rings (SSSR count). The van der Waals surface area contributed by atoms with Crippen LogP contribution in [-0.2, 0) is 6.61 Å². The highest BCUT2D eigenvalue weighted by Crippen LogP contribution is 2.12. The number of hydrogen-bond donors (Lipinski definition) is 0. The van der Waals surface area contributed by atoms with Crippen LogP contribution in [0.4, 0.5) is 4.39 Å². The Morgan fingerprint density at radius 1 is 1.08 bits per heavy atom. The zero-order chi connectivity index (χ0) is 18.1. The van der Waals surface area contributed by atoms with Crippen LogP contribution in [0, 0.1) is 12.7 Å². The van der Waals surface area contributed by atoms with Crippen molar-refractivity contribution in [3.8, 4) is 11.6 Å². The van der Waals surface area contributed by atoms with E-state index < -0.39 is 5.82 Å². The van der Waals surface area contributed by atoms with E-state index in [1.54, 1.807) is 25.4 Å². The number of aromatic nitrogens is 4. The van der Waals surface area contributed by atoms with E-state index in [0.29, 0.717) is 17.2 Å². The van der Waals surface area contributed by atoms with E-state index in [-0.39, 0.29) is 18.0 Å². The van der Waals surface area contributed by atoms with Gasteiger partial charge in [0.2, 0.25) is 0 Å². The van der Waals surface area contributed by atoms with Crippen molar-refractivity contribution < 1.29 is 9.13 Å². The van der Waals surface area contributed by atoms with Gasteiger partial charge in [0, 0.05) is 12.4 Å². The minimum Gasteiger partial charge on any atom is -0.487 e. The molecule has 4 aromatic rings. The van der Waals surface area contributed by atoms with Crippen LogP contribution in [0.2, 0.25) is 0 Å². The number of aryl methyl sites for hydroxylation is 1. The van der Waals surface area contributed by atoms with Gasteiger partial charge in [-0.05, 0) is 37.3 Å². The molecule has 3 aromatic heterocycles. The third-order valence-corrected chi connectivity index (χ3v) is 3.95. The van der Waals surface area contributed by atoms with Gasteiger partial charge in [0.15, 0.2) is 0 Å². The SMILES string of the molecule is Cc1nc(-n2ccc3nc(COc4ccccc4)cn3c2=O)ccc1F. The molecular formula is C19H15FN4O2. The summed E-state index contributed by atoms with van der Waals surface area (Å²) in [6, 6.07) is 13.8. The van der Waals surface area contributed by atoms with Gasteiger partial charge in [-0.3, -0.25) is 8.97 Å². The summed E-state index contributed by atoms with van der Waals surface area (Å²) in [4.78, 5) is 21.2. The number of ether oxygens (including phenoxy) is 1. The topological polar surface area (TPSA) is 61.4 Å². The Bertz CT molecular complexity index is 1140. The lowest BCUT2D eigenvalue weighted by atomic mass is 10.3. The number of para-hydroxylation sites is 1. The lowest BCUT2D eigenvalue weighted by molar-refractivity contribution is 0.302. The van der Waals surface area contributed by atoms with Gasteiger partial charge in [0.05, 0.1) is 11.4 Å². The van der Waals surface area contributed by atoms with Gasteiger partial charge in [-0.25, -0.2) is 19.2 Å². The maximum atomic E-state index is 13.4. The van der Waals surface area contributed by atoms with Gasteiger partial charge in [0.1, 0.15) is 29.6 Å². The number of rotatable bonds is 4. The second-order valence-electron chi connectivity index (χ2n) is 5.77. The molecule has 0 spiro atoms. The number of hydrogen-bond acceptors (Lipinski definition) is 4. The van der Waals surface area contributed by atoms with Crippen molar-refractivity contribution in [3.05, 3.63) is 88.6 Å². The molecule has 0 atom stereocenters. The number of nitrogens with zero attached hydrogens (tertiary/aromatic N) is 4. The molecule has 3 heterocycles. The maximum Gasteiger partial charge on any atom is 0.339 e. The summed E-state index contributed by atoms with van der Waals surface area (Å²) in [6.07, 6.45) is 3.21. The fourth-order valence-corrected chi connectivity index (χ4v) is 2.62. The van der Waals surface area contributed by atoms with Crippen LogP contribution in [-0.4, -0.2) is 18.9 Å². The van der Waals surface area contributed by atoms with Crippen LogP contribution in [0.25, 0.3) is 11.5 Å². The van der Waals surface area contributed by atoms with Gasteiger partial charge in [-0.1, -0.05) is 18.2 Å². The summed E-state index contributed by atoms with van der Waals surface area (Å²) in [7, 11) is 0. The van der Waals surface area contributed by atoms with Crippen LogP contribution in [0.3, 0.4) is 0 Å². The fourth-order valence-electron chi connectivity index (χ4n) is 2.62. The third-order valence-electron chi connectivity index (χ3n) is 3.95. The van der Waals surface area contributed by atoms with E-state index in [0.717, 1.165) is 5.75 Å². The lowest BCUT2D eigenvalue weighted by Gasteiger charge is -2.06. The Morgan fingerprint density at radius 3 is 2.65 bits per heavy atom. The number of imidazole rings is 1. The first-order valence-electron chi connectivity index (χ1n) is 8.03. The summed E-state index contributed by atoms with van der Waals surface area (Å²) >= 11 is 0. The monoisotopic (exact) mass is 350 g/mol. The van der Waals surface area contributed by atoms with Gasteiger partial charge in [-0.2, -0.15) is 0 Å². The van der Waals surface area contributed by atoms with Crippen molar-refractivity contribution in [1.82, 2.24) is 18.9 Å². The Balaban J connectivity index is 1.67. The summed E-state index contributed by atoms with van der Waals surface area (Å²) in [6.45, 7) is 1.80. The van der Waals surface area contributed by atoms with Crippen molar-refractivity contribution in [2.75, 3.05) is 0 Å². The van der Waals surface area contributed by atoms with E-state index in [2.05, 4.69) is 9.97 Å². The van der Waals surface area contributed by atoms with Gasteiger partial charge < -0.3 is 4.74 Å². The quantitative estimate of drug-likeness (QED) is 0.568. The number of halogens is 1. The normalized spacial score (nSPS) is 11.0. The van der Waals surface area contributed by atoms with E-state index in [9.17, 15) is 9.18 Å². The van der Waals surface area contributed by atoms with Crippen molar-refractivity contribution in [2.45, 2.75) is 13.5 Å². The maximum absolute atomic E-state index is 13.4. The first-order valence-corrected chi connectivity index (χ1v) is 8.03. The molecule has 7 heteroatoms. The molecule has 0 bridgehead atoms. The van der Waals surface area contributed by atoms with Crippen molar-refractivity contribution in [3.63, 3.8) is 0 Å². The molecule has 0 unspecified atom stereocenters. The second kappa shape index (κ2) is 6.44. The number of pyridine rings is 1. The van der Waals surface area contributed by atoms with Gasteiger partial charge in [-0.15, -0.1) is 0 Å². The zero-order valence-corrected chi connectivity index (χ0v) is 14.0. The molecule has 0 aliphatic heterocycles. The van der Waals surface area contributed by atoms with Crippen LogP contribution in [0.15, 0.2) is 65.7 Å². The molecule has 0 saturated heterocycles. The van der Waals surface area contributed by atoms with Crippen LogP contribution in [0.1, 0.15) is 11.4 Å². The smallest absolute Gasteiger partial charge is 0.339 e. The summed E-state index contributed by atoms with van der Waals surface area (Å²) in [5.74, 6) is 0.672. The number of benzene rings is 1. The first-order chi connectivity index (χ1) is 12.6. The molecule has 130 valence electrons. The third kappa shape index (κ3) is 2.95. The van der Waals surface area contributed by atoms with Gasteiger partial charge in [0.25, 0.3) is 0 Å². The van der Waals surface area contributed by atoms with E-state index >= 15 is 0 Å². The summed E-state index contributed by atoms with van der Waals surface area (Å²) in [5.41, 5.74) is 1.04. The Labute approximate surface area is 148 Å². The summed E-state index contributed by atoms with van der Waals surface area (Å²) in [5, 5.41) is 0. The number of fused-ring (bicyclic) bond motifs is 1. The predicted molar refractivity (Wildman–Crippen MR) is 94.1 cm³/mol. The van der Waals surface area contributed by atoms with Crippen molar-refractivity contribution in [2.24, 2.45) is 0 Å². The van der Waals surface area contributed by atoms with Gasteiger partial charge >= 0.3 is 5.69 Å². The second-order valence-corrected chi connectivity index (χ2v) is 5.77. The first kappa shape index (κ1) is 16.0. The minimum atomic E-state index is -0.411.